The molecular formula is C24H28Cl2N6O3S. The molecule has 0 aliphatic carbocycles. The quantitative estimate of drug-likeness (QED) is 0.414. The summed E-state index contributed by atoms with van der Waals surface area (Å²) < 4.78 is 23.8. The van der Waals surface area contributed by atoms with Crippen LogP contribution in [0.3, 0.4) is 0 Å². The van der Waals surface area contributed by atoms with Crippen LogP contribution in [0.5, 0.6) is 11.8 Å². The van der Waals surface area contributed by atoms with Crippen LogP contribution >= 0.6 is 23.2 Å². The van der Waals surface area contributed by atoms with Crippen molar-refractivity contribution in [2.24, 2.45) is 0 Å². The van der Waals surface area contributed by atoms with Gasteiger partial charge in [0.05, 0.1) is 21.4 Å². The van der Waals surface area contributed by atoms with Crippen molar-refractivity contribution in [1.29, 1.82) is 0 Å². The first-order valence-corrected chi connectivity index (χ1v) is 13.5. The van der Waals surface area contributed by atoms with Crippen LogP contribution in [0.15, 0.2) is 47.4 Å². The Morgan fingerprint density at radius 2 is 1.89 bits per heavy atom. The van der Waals surface area contributed by atoms with Gasteiger partial charge in [-0.05, 0) is 38.1 Å². The minimum absolute atomic E-state index is 0.103. The number of hydrogen-bond donors (Lipinski definition) is 1. The largest absolute Gasteiger partial charge is 0.593 e. The molecule has 1 fully saturated rings. The molecule has 9 nitrogen and oxygen atoms in total. The van der Waals surface area contributed by atoms with E-state index in [4.69, 9.17) is 27.9 Å². The number of amides is 1. The van der Waals surface area contributed by atoms with Crippen molar-refractivity contribution in [2.45, 2.75) is 38.3 Å². The average Bonchev–Trinajstić information content (AvgIpc) is 3.28. The van der Waals surface area contributed by atoms with Gasteiger partial charge in [0.25, 0.3) is 0 Å². The third kappa shape index (κ3) is 6.07. The van der Waals surface area contributed by atoms with Crippen LogP contribution in [0.25, 0.3) is 0 Å². The van der Waals surface area contributed by atoms with Gasteiger partial charge in [-0.15, -0.1) is 9.82 Å². The zero-order valence-corrected chi connectivity index (χ0v) is 22.6. The number of piperazine rings is 1. The Labute approximate surface area is 223 Å². The van der Waals surface area contributed by atoms with Gasteiger partial charge in [0.2, 0.25) is 5.91 Å². The highest BCUT2D eigenvalue weighted by atomic mass is 35.5. The van der Waals surface area contributed by atoms with Crippen LogP contribution in [0.4, 0.5) is 5.69 Å². The molecule has 1 amide bonds. The Kier molecular flexibility index (Phi) is 8.63. The maximum atomic E-state index is 12.8. The maximum Gasteiger partial charge on any atom is 0.322 e. The van der Waals surface area contributed by atoms with Crippen LogP contribution in [0, 0.1) is 0 Å². The van der Waals surface area contributed by atoms with E-state index in [0.29, 0.717) is 52.2 Å². The number of carbonyl (C=O) groups is 1. The predicted octanol–water partition coefficient (Wildman–Crippen LogP) is 4.44. The molecule has 2 aromatic carbocycles. The fourth-order valence-corrected chi connectivity index (χ4v) is 5.34. The number of rotatable bonds is 8. The zero-order chi connectivity index (χ0) is 25.8. The summed E-state index contributed by atoms with van der Waals surface area (Å²) in [4.78, 5) is 16.2. The molecule has 2 atom stereocenters. The molecule has 1 aliphatic rings. The first kappa shape index (κ1) is 26.6. The third-order valence-corrected chi connectivity index (χ3v) is 7.94. The molecule has 0 spiro atoms. The molecule has 1 aromatic heterocycles. The number of aromatic nitrogens is 3. The maximum absolute atomic E-state index is 12.8. The minimum Gasteiger partial charge on any atom is -0.593 e. The Balaban J connectivity index is 1.45. The molecule has 0 bridgehead atoms. The van der Waals surface area contributed by atoms with Gasteiger partial charge in [0.1, 0.15) is 11.8 Å². The fourth-order valence-electron chi connectivity index (χ4n) is 4.00. The second kappa shape index (κ2) is 11.7. The SMILES string of the molecule is CCn1c(Oc2cccc(N3CCN(C(C)=O)CC3)c2)nnc1[C@@H](C)N[S+]([O-])c1ccc(Cl)c(Cl)c1. The van der Waals surface area contributed by atoms with Crippen LogP contribution in [0.1, 0.15) is 32.6 Å². The average molecular weight is 552 g/mol. The van der Waals surface area contributed by atoms with Crippen molar-refractivity contribution in [3.05, 3.63) is 58.3 Å². The standard InChI is InChI=1S/C24H28Cl2N6O3S/c1-4-32-23(16(2)29-36(34)20-8-9-21(25)22(26)15-20)27-28-24(32)35-19-7-5-6-18(14-19)31-12-10-30(11-13-31)17(3)33/h5-9,14-16,29H,4,10-13H2,1-3H3/t16-,36?/m1/s1. The van der Waals surface area contributed by atoms with Gasteiger partial charge < -0.3 is 19.1 Å². The van der Waals surface area contributed by atoms with Crippen molar-refractivity contribution in [2.75, 3.05) is 31.1 Å². The van der Waals surface area contributed by atoms with Gasteiger partial charge in [0.15, 0.2) is 10.7 Å². The third-order valence-electron chi connectivity index (χ3n) is 5.95. The van der Waals surface area contributed by atoms with Crippen molar-refractivity contribution in [3.63, 3.8) is 0 Å². The van der Waals surface area contributed by atoms with Crippen molar-refractivity contribution in [3.8, 4) is 11.8 Å². The van der Waals surface area contributed by atoms with E-state index in [1.54, 1.807) is 25.1 Å². The molecule has 0 radical (unpaired) electrons. The predicted molar refractivity (Wildman–Crippen MR) is 141 cm³/mol. The second-order valence-corrected chi connectivity index (χ2v) is 10.4. The normalized spacial score (nSPS) is 15.6. The van der Waals surface area contributed by atoms with E-state index in [2.05, 4.69) is 19.8 Å². The van der Waals surface area contributed by atoms with Crippen molar-refractivity contribution >= 4 is 46.2 Å². The number of carbonyl (C=O) groups excluding carboxylic acids is 1. The van der Waals surface area contributed by atoms with Gasteiger partial charge in [-0.25, -0.2) is 0 Å². The summed E-state index contributed by atoms with van der Waals surface area (Å²) in [6.45, 7) is 8.91. The lowest BCUT2D eigenvalue weighted by molar-refractivity contribution is -0.129. The molecule has 36 heavy (non-hydrogen) atoms. The summed E-state index contributed by atoms with van der Waals surface area (Å²) in [5.74, 6) is 1.33. The van der Waals surface area contributed by atoms with Gasteiger partial charge in [-0.3, -0.25) is 9.36 Å². The minimum atomic E-state index is -1.53. The first-order valence-electron chi connectivity index (χ1n) is 11.6. The van der Waals surface area contributed by atoms with E-state index in [1.807, 2.05) is 47.6 Å². The van der Waals surface area contributed by atoms with E-state index >= 15 is 0 Å². The number of anilines is 1. The summed E-state index contributed by atoms with van der Waals surface area (Å²) >= 11 is 10.5. The highest BCUT2D eigenvalue weighted by Gasteiger charge is 2.24. The van der Waals surface area contributed by atoms with Crippen LogP contribution in [-0.2, 0) is 22.7 Å². The van der Waals surface area contributed by atoms with E-state index in [9.17, 15) is 9.35 Å². The Bertz CT molecular complexity index is 1220. The van der Waals surface area contributed by atoms with Gasteiger partial charge >= 0.3 is 6.01 Å². The smallest absolute Gasteiger partial charge is 0.322 e. The van der Waals surface area contributed by atoms with Crippen molar-refractivity contribution < 1.29 is 14.1 Å². The van der Waals surface area contributed by atoms with E-state index in [-0.39, 0.29) is 11.9 Å². The lowest BCUT2D eigenvalue weighted by Crippen LogP contribution is -2.48. The molecule has 192 valence electrons. The number of nitrogens with zero attached hydrogens (tertiary/aromatic N) is 5. The summed E-state index contributed by atoms with van der Waals surface area (Å²) in [7, 11) is 0. The Hall–Kier alpha value is -2.50. The summed E-state index contributed by atoms with van der Waals surface area (Å²) in [5.41, 5.74) is 1.02. The molecular weight excluding hydrogens is 523 g/mol. The lowest BCUT2D eigenvalue weighted by atomic mass is 10.2. The topological polar surface area (TPSA) is 98.6 Å². The first-order chi connectivity index (χ1) is 17.3. The van der Waals surface area contributed by atoms with Crippen molar-refractivity contribution in [1.82, 2.24) is 24.4 Å². The monoisotopic (exact) mass is 550 g/mol. The molecule has 1 unspecified atom stereocenters. The van der Waals surface area contributed by atoms with Gasteiger partial charge in [-0.1, -0.05) is 34.4 Å². The molecule has 12 heteroatoms. The fraction of sp³-hybridized carbons (Fsp3) is 0.375. The Morgan fingerprint density at radius 1 is 1.14 bits per heavy atom. The highest BCUT2D eigenvalue weighted by molar-refractivity contribution is 7.89. The highest BCUT2D eigenvalue weighted by Crippen LogP contribution is 2.29. The molecule has 1 aliphatic heterocycles. The second-order valence-electron chi connectivity index (χ2n) is 8.36. The molecule has 4 rings (SSSR count). The van der Waals surface area contributed by atoms with Gasteiger partial charge in [-0.2, -0.15) is 0 Å². The molecule has 0 saturated carbocycles. The summed E-state index contributed by atoms with van der Waals surface area (Å²) in [5, 5.41) is 9.27. The van der Waals surface area contributed by atoms with E-state index in [0.717, 1.165) is 18.8 Å². The molecule has 3 aromatic rings. The number of hydrogen-bond acceptors (Lipinski definition) is 7. The molecule has 1 saturated heterocycles. The number of halogens is 2. The Morgan fingerprint density at radius 3 is 2.56 bits per heavy atom. The number of benzene rings is 2. The van der Waals surface area contributed by atoms with Crippen LogP contribution in [-0.4, -0.2) is 56.3 Å². The van der Waals surface area contributed by atoms with E-state index < -0.39 is 11.4 Å². The van der Waals surface area contributed by atoms with Crippen LogP contribution in [0.2, 0.25) is 10.0 Å². The zero-order valence-electron chi connectivity index (χ0n) is 20.3. The lowest BCUT2D eigenvalue weighted by Gasteiger charge is -2.35. The summed E-state index contributed by atoms with van der Waals surface area (Å²) in [6, 6.07) is 12.6. The van der Waals surface area contributed by atoms with Crippen LogP contribution < -0.4 is 14.4 Å². The molecule has 1 N–H and O–H groups in total. The van der Waals surface area contributed by atoms with E-state index in [1.165, 1.54) is 0 Å². The molecule has 2 heterocycles. The summed E-state index contributed by atoms with van der Waals surface area (Å²) in [6.07, 6.45) is 0. The number of nitrogens with one attached hydrogen (secondary N) is 1. The number of ether oxygens (including phenoxy) is 1. The van der Waals surface area contributed by atoms with Gasteiger partial charge in [0, 0.05) is 57.5 Å².